The van der Waals surface area contributed by atoms with Crippen LogP contribution in [0.1, 0.15) is 9.67 Å². The number of rotatable bonds is 2. The van der Waals surface area contributed by atoms with Gasteiger partial charge < -0.3 is 9.73 Å². The topological polar surface area (TPSA) is 42.2 Å². The number of amides is 1. The average molecular weight is 293 g/mol. The second-order valence-corrected chi connectivity index (χ2v) is 5.69. The molecule has 0 bridgehead atoms. The number of hydrogen-bond donors (Lipinski definition) is 1. The molecule has 2 aromatic carbocycles. The van der Waals surface area contributed by atoms with Crippen molar-refractivity contribution in [2.75, 3.05) is 5.32 Å². The first-order chi connectivity index (χ1) is 10.3. The lowest BCUT2D eigenvalue weighted by Crippen LogP contribution is -2.09. The summed E-state index contributed by atoms with van der Waals surface area (Å²) in [5.74, 6) is -0.0968. The minimum absolute atomic E-state index is 0.0968. The fourth-order valence-electron chi connectivity index (χ4n) is 2.40. The van der Waals surface area contributed by atoms with Crippen LogP contribution in [-0.2, 0) is 0 Å². The number of fused-ring (bicyclic) bond motifs is 3. The van der Waals surface area contributed by atoms with Gasteiger partial charge >= 0.3 is 0 Å². The quantitative estimate of drug-likeness (QED) is 0.571. The summed E-state index contributed by atoms with van der Waals surface area (Å²) in [4.78, 5) is 12.7. The number of para-hydroxylation sites is 1. The Morgan fingerprint density at radius 3 is 2.67 bits per heavy atom. The van der Waals surface area contributed by atoms with Gasteiger partial charge in [-0.25, -0.2) is 0 Å². The van der Waals surface area contributed by atoms with Gasteiger partial charge in [0, 0.05) is 22.5 Å². The zero-order valence-corrected chi connectivity index (χ0v) is 11.8. The first-order valence-corrected chi connectivity index (χ1v) is 7.45. The largest absolute Gasteiger partial charge is 0.456 e. The Balaban J connectivity index is 1.74. The normalized spacial score (nSPS) is 11.0. The van der Waals surface area contributed by atoms with E-state index in [1.54, 1.807) is 6.07 Å². The molecule has 1 amide bonds. The molecule has 0 unspecified atom stereocenters. The van der Waals surface area contributed by atoms with Gasteiger partial charge in [-0.1, -0.05) is 24.3 Å². The predicted molar refractivity (Wildman–Crippen MR) is 86.0 cm³/mol. The average Bonchev–Trinajstić information content (AvgIpc) is 3.14. The van der Waals surface area contributed by atoms with Gasteiger partial charge in [-0.2, -0.15) is 0 Å². The lowest BCUT2D eigenvalue weighted by Gasteiger charge is -2.03. The Bertz CT molecular complexity index is 938. The van der Waals surface area contributed by atoms with Gasteiger partial charge in [-0.3, -0.25) is 4.79 Å². The molecule has 0 spiro atoms. The third kappa shape index (κ3) is 2.10. The van der Waals surface area contributed by atoms with Crippen molar-refractivity contribution in [3.8, 4) is 0 Å². The maximum absolute atomic E-state index is 12.1. The monoisotopic (exact) mass is 293 g/mol. The molecule has 0 aliphatic rings. The highest BCUT2D eigenvalue weighted by Gasteiger charge is 2.10. The van der Waals surface area contributed by atoms with E-state index in [1.165, 1.54) is 11.3 Å². The van der Waals surface area contributed by atoms with Crippen LogP contribution >= 0.6 is 11.3 Å². The van der Waals surface area contributed by atoms with E-state index in [9.17, 15) is 4.79 Å². The molecule has 0 aliphatic heterocycles. The summed E-state index contributed by atoms with van der Waals surface area (Å²) < 4.78 is 5.82. The lowest BCUT2D eigenvalue weighted by molar-refractivity contribution is 0.103. The molecule has 0 aliphatic carbocycles. The van der Waals surface area contributed by atoms with E-state index >= 15 is 0 Å². The fraction of sp³-hybridized carbons (Fsp3) is 0. The molecule has 1 N–H and O–H groups in total. The van der Waals surface area contributed by atoms with Gasteiger partial charge in [0.05, 0.1) is 4.88 Å². The highest BCUT2D eigenvalue weighted by Crippen LogP contribution is 2.30. The summed E-state index contributed by atoms with van der Waals surface area (Å²) in [6.07, 6.45) is 0. The first kappa shape index (κ1) is 12.2. The Morgan fingerprint density at radius 1 is 0.952 bits per heavy atom. The smallest absolute Gasteiger partial charge is 0.265 e. The van der Waals surface area contributed by atoms with Crippen molar-refractivity contribution < 1.29 is 9.21 Å². The lowest BCUT2D eigenvalue weighted by atomic mass is 10.1. The Kier molecular flexibility index (Phi) is 2.75. The van der Waals surface area contributed by atoms with Crippen molar-refractivity contribution >= 4 is 44.9 Å². The van der Waals surface area contributed by atoms with Gasteiger partial charge in [0.1, 0.15) is 11.2 Å². The van der Waals surface area contributed by atoms with E-state index in [-0.39, 0.29) is 5.91 Å². The Morgan fingerprint density at radius 2 is 1.81 bits per heavy atom. The molecule has 4 heteroatoms. The molecule has 0 saturated heterocycles. The molecule has 4 aromatic rings. The SMILES string of the molecule is O=C(Nc1ccc2c(c1)oc1ccccc12)c1cccs1. The van der Waals surface area contributed by atoms with Crippen LogP contribution in [0.5, 0.6) is 0 Å². The van der Waals surface area contributed by atoms with E-state index in [1.807, 2.05) is 53.9 Å². The van der Waals surface area contributed by atoms with E-state index in [0.29, 0.717) is 4.88 Å². The predicted octanol–water partition coefficient (Wildman–Crippen LogP) is 4.90. The number of hydrogen-bond acceptors (Lipinski definition) is 3. The molecule has 2 aromatic heterocycles. The van der Waals surface area contributed by atoms with Crippen LogP contribution in [0, 0.1) is 0 Å². The van der Waals surface area contributed by atoms with Gasteiger partial charge in [-0.15, -0.1) is 11.3 Å². The second-order valence-electron chi connectivity index (χ2n) is 4.74. The summed E-state index contributed by atoms with van der Waals surface area (Å²) in [6, 6.07) is 17.3. The molecule has 2 heterocycles. The van der Waals surface area contributed by atoms with Crippen molar-refractivity contribution in [1.82, 2.24) is 0 Å². The molecule has 21 heavy (non-hydrogen) atoms. The van der Waals surface area contributed by atoms with E-state index in [0.717, 1.165) is 27.6 Å². The maximum atomic E-state index is 12.1. The van der Waals surface area contributed by atoms with Gasteiger partial charge in [0.25, 0.3) is 5.91 Å². The number of carbonyl (C=O) groups excluding carboxylic acids is 1. The number of thiophene rings is 1. The molecule has 0 fully saturated rings. The number of benzene rings is 2. The minimum Gasteiger partial charge on any atom is -0.456 e. The van der Waals surface area contributed by atoms with Crippen molar-refractivity contribution in [1.29, 1.82) is 0 Å². The van der Waals surface area contributed by atoms with Crippen LogP contribution in [0.4, 0.5) is 5.69 Å². The molecule has 3 nitrogen and oxygen atoms in total. The van der Waals surface area contributed by atoms with Gasteiger partial charge in [0.15, 0.2) is 0 Å². The third-order valence-electron chi connectivity index (χ3n) is 3.38. The summed E-state index contributed by atoms with van der Waals surface area (Å²) in [5.41, 5.74) is 2.37. The van der Waals surface area contributed by atoms with Crippen LogP contribution in [0.2, 0.25) is 0 Å². The van der Waals surface area contributed by atoms with Gasteiger partial charge in [-0.05, 0) is 29.6 Å². The molecule has 0 radical (unpaired) electrons. The van der Waals surface area contributed by atoms with Crippen molar-refractivity contribution in [2.24, 2.45) is 0 Å². The van der Waals surface area contributed by atoms with E-state index in [4.69, 9.17) is 4.42 Å². The molecule has 0 saturated carbocycles. The van der Waals surface area contributed by atoms with Crippen molar-refractivity contribution in [2.45, 2.75) is 0 Å². The number of anilines is 1. The highest BCUT2D eigenvalue weighted by atomic mass is 32.1. The highest BCUT2D eigenvalue weighted by molar-refractivity contribution is 7.12. The van der Waals surface area contributed by atoms with Crippen molar-refractivity contribution in [3.05, 3.63) is 64.9 Å². The summed E-state index contributed by atoms with van der Waals surface area (Å²) in [6.45, 7) is 0. The minimum atomic E-state index is -0.0968. The summed E-state index contributed by atoms with van der Waals surface area (Å²) >= 11 is 1.42. The first-order valence-electron chi connectivity index (χ1n) is 6.57. The maximum Gasteiger partial charge on any atom is 0.265 e. The number of furan rings is 1. The zero-order valence-electron chi connectivity index (χ0n) is 11.0. The molecule has 0 atom stereocenters. The van der Waals surface area contributed by atoms with Crippen LogP contribution in [0.3, 0.4) is 0 Å². The molecular formula is C17H11NO2S. The Labute approximate surface area is 124 Å². The number of carbonyl (C=O) groups is 1. The van der Waals surface area contributed by atoms with Crippen LogP contribution in [-0.4, -0.2) is 5.91 Å². The summed E-state index contributed by atoms with van der Waals surface area (Å²) in [7, 11) is 0. The van der Waals surface area contributed by atoms with E-state index in [2.05, 4.69) is 5.32 Å². The number of nitrogens with one attached hydrogen (secondary N) is 1. The molecule has 102 valence electrons. The Hall–Kier alpha value is -2.59. The van der Waals surface area contributed by atoms with Crippen LogP contribution in [0.15, 0.2) is 64.4 Å². The van der Waals surface area contributed by atoms with E-state index < -0.39 is 0 Å². The fourth-order valence-corrected chi connectivity index (χ4v) is 3.02. The van der Waals surface area contributed by atoms with Crippen LogP contribution < -0.4 is 5.32 Å². The third-order valence-corrected chi connectivity index (χ3v) is 4.25. The van der Waals surface area contributed by atoms with Crippen molar-refractivity contribution in [3.63, 3.8) is 0 Å². The standard InChI is InChI=1S/C17H11NO2S/c19-17(16-6-3-9-21-16)18-11-7-8-13-12-4-1-2-5-14(12)20-15(13)10-11/h1-10H,(H,18,19). The van der Waals surface area contributed by atoms with Crippen LogP contribution in [0.25, 0.3) is 21.9 Å². The van der Waals surface area contributed by atoms with Gasteiger partial charge in [0.2, 0.25) is 0 Å². The molecular weight excluding hydrogens is 282 g/mol. The second kappa shape index (κ2) is 4.75. The summed E-state index contributed by atoms with van der Waals surface area (Å²) in [5, 5.41) is 6.92. The zero-order chi connectivity index (χ0) is 14.2. The molecule has 4 rings (SSSR count).